The van der Waals surface area contributed by atoms with Crippen LogP contribution in [0.15, 0.2) is 73.2 Å². The predicted molar refractivity (Wildman–Crippen MR) is 135 cm³/mol. The minimum absolute atomic E-state index is 0.159. The highest BCUT2D eigenvalue weighted by Crippen LogP contribution is 2.33. The second kappa shape index (κ2) is 9.15. The Morgan fingerprint density at radius 2 is 1.94 bits per heavy atom. The number of nitrogen functional groups attached to an aromatic ring is 1. The van der Waals surface area contributed by atoms with Gasteiger partial charge in [0.1, 0.15) is 11.6 Å². The molecule has 0 fully saturated rings. The van der Waals surface area contributed by atoms with Crippen LogP contribution in [0.2, 0.25) is 0 Å². The first-order chi connectivity index (χ1) is 17.2. The predicted octanol–water partition coefficient (Wildman–Crippen LogP) is 4.01. The van der Waals surface area contributed by atoms with E-state index in [1.54, 1.807) is 12.4 Å². The zero-order chi connectivity index (χ0) is 23.6. The lowest BCUT2D eigenvalue weighted by Crippen LogP contribution is -2.21. The van der Waals surface area contributed by atoms with Crippen LogP contribution in [0.25, 0.3) is 22.3 Å². The molecular weight excluding hydrogens is 438 g/mol. The van der Waals surface area contributed by atoms with E-state index in [1.807, 2.05) is 30.5 Å². The molecule has 1 aliphatic heterocycles. The van der Waals surface area contributed by atoms with E-state index in [4.69, 9.17) is 15.5 Å². The molecule has 4 heterocycles. The molecule has 0 saturated heterocycles. The van der Waals surface area contributed by atoms with Crippen molar-refractivity contribution >= 4 is 17.0 Å². The summed E-state index contributed by atoms with van der Waals surface area (Å²) in [6, 6.07) is 18.4. The van der Waals surface area contributed by atoms with Crippen molar-refractivity contribution in [2.24, 2.45) is 0 Å². The normalized spacial score (nSPS) is 15.0. The summed E-state index contributed by atoms with van der Waals surface area (Å²) in [6.45, 7) is 2.17. The fourth-order valence-corrected chi connectivity index (χ4v) is 4.50. The lowest BCUT2D eigenvalue weighted by Gasteiger charge is -2.24. The first-order valence-corrected chi connectivity index (χ1v) is 11.6. The summed E-state index contributed by atoms with van der Waals surface area (Å²) in [5, 5.41) is 3.49. The molecule has 35 heavy (non-hydrogen) atoms. The highest BCUT2D eigenvalue weighted by Gasteiger charge is 2.24. The van der Waals surface area contributed by atoms with Gasteiger partial charge in [0.25, 0.3) is 0 Å². The highest BCUT2D eigenvalue weighted by atomic mass is 16.5. The van der Waals surface area contributed by atoms with E-state index in [0.29, 0.717) is 6.61 Å². The van der Waals surface area contributed by atoms with Gasteiger partial charge in [0, 0.05) is 37.2 Å². The van der Waals surface area contributed by atoms with Crippen molar-refractivity contribution < 1.29 is 4.74 Å². The van der Waals surface area contributed by atoms with E-state index < -0.39 is 0 Å². The SMILES string of the molecule is Nc1nccc(-c2ccc3nc(C4COc5ccc(CNCc6cccnc6)cc5C4)[nH]c3c2)n1. The summed E-state index contributed by atoms with van der Waals surface area (Å²) in [5.41, 5.74) is 13.0. The Morgan fingerprint density at radius 1 is 1.00 bits per heavy atom. The van der Waals surface area contributed by atoms with Crippen molar-refractivity contribution in [2.45, 2.75) is 25.4 Å². The zero-order valence-electron chi connectivity index (χ0n) is 19.1. The zero-order valence-corrected chi connectivity index (χ0v) is 19.1. The molecule has 8 heteroatoms. The summed E-state index contributed by atoms with van der Waals surface area (Å²) in [7, 11) is 0. The molecule has 0 bridgehead atoms. The largest absolute Gasteiger partial charge is 0.493 e. The molecule has 0 aliphatic carbocycles. The van der Waals surface area contributed by atoms with Crippen LogP contribution in [0.4, 0.5) is 5.95 Å². The van der Waals surface area contributed by atoms with E-state index >= 15 is 0 Å². The van der Waals surface area contributed by atoms with Gasteiger partial charge in [-0.2, -0.15) is 0 Å². The maximum absolute atomic E-state index is 6.10. The number of hydrogen-bond acceptors (Lipinski definition) is 7. The number of nitrogens with zero attached hydrogens (tertiary/aromatic N) is 4. The highest BCUT2D eigenvalue weighted by molar-refractivity contribution is 5.81. The van der Waals surface area contributed by atoms with Gasteiger partial charge >= 0.3 is 0 Å². The number of ether oxygens (including phenoxy) is 1. The minimum Gasteiger partial charge on any atom is -0.493 e. The van der Waals surface area contributed by atoms with Gasteiger partial charge in [-0.15, -0.1) is 0 Å². The molecule has 2 aromatic carbocycles. The average molecular weight is 464 g/mol. The molecule has 8 nitrogen and oxygen atoms in total. The monoisotopic (exact) mass is 463 g/mol. The van der Waals surface area contributed by atoms with Crippen molar-refractivity contribution in [3.63, 3.8) is 0 Å². The second-order valence-electron chi connectivity index (χ2n) is 8.77. The van der Waals surface area contributed by atoms with Crippen molar-refractivity contribution in [3.8, 4) is 17.0 Å². The van der Waals surface area contributed by atoms with Crippen LogP contribution in [0.1, 0.15) is 28.4 Å². The fraction of sp³-hybridized carbons (Fsp3) is 0.185. The second-order valence-corrected chi connectivity index (χ2v) is 8.77. The van der Waals surface area contributed by atoms with Crippen LogP contribution in [-0.4, -0.2) is 31.5 Å². The summed E-state index contributed by atoms with van der Waals surface area (Å²) >= 11 is 0. The molecule has 0 radical (unpaired) electrons. The minimum atomic E-state index is 0.159. The molecule has 6 rings (SSSR count). The number of H-pyrrole nitrogens is 1. The number of pyridine rings is 1. The van der Waals surface area contributed by atoms with Crippen LogP contribution in [0, 0.1) is 0 Å². The summed E-state index contributed by atoms with van der Waals surface area (Å²) in [5.74, 6) is 2.31. The number of aromatic nitrogens is 5. The third kappa shape index (κ3) is 4.56. The van der Waals surface area contributed by atoms with E-state index in [1.165, 1.54) is 16.7 Å². The molecule has 1 unspecified atom stereocenters. The maximum Gasteiger partial charge on any atom is 0.220 e. The van der Waals surface area contributed by atoms with Gasteiger partial charge in [-0.25, -0.2) is 15.0 Å². The Kier molecular flexibility index (Phi) is 5.56. The van der Waals surface area contributed by atoms with Crippen molar-refractivity contribution in [3.05, 3.63) is 95.7 Å². The molecule has 3 aromatic heterocycles. The first kappa shape index (κ1) is 21.2. The molecule has 1 atom stereocenters. The summed E-state index contributed by atoms with van der Waals surface area (Å²) in [4.78, 5) is 20.8. The van der Waals surface area contributed by atoms with E-state index in [9.17, 15) is 0 Å². The van der Waals surface area contributed by atoms with Gasteiger partial charge in [-0.1, -0.05) is 24.3 Å². The molecule has 174 valence electrons. The third-order valence-corrected chi connectivity index (χ3v) is 6.27. The number of nitrogens with one attached hydrogen (secondary N) is 2. The Bertz CT molecular complexity index is 1480. The van der Waals surface area contributed by atoms with Crippen molar-refractivity contribution in [1.29, 1.82) is 0 Å². The maximum atomic E-state index is 6.10. The molecule has 0 saturated carbocycles. The Morgan fingerprint density at radius 3 is 2.83 bits per heavy atom. The van der Waals surface area contributed by atoms with Crippen molar-refractivity contribution in [2.75, 3.05) is 12.3 Å². The van der Waals surface area contributed by atoms with Crippen LogP contribution in [-0.2, 0) is 19.5 Å². The number of nitrogens with two attached hydrogens (primary N) is 1. The quantitative estimate of drug-likeness (QED) is 0.349. The topological polar surface area (TPSA) is 115 Å². The summed E-state index contributed by atoms with van der Waals surface area (Å²) < 4.78 is 6.10. The number of fused-ring (bicyclic) bond motifs is 2. The van der Waals surface area contributed by atoms with Crippen LogP contribution < -0.4 is 15.8 Å². The summed E-state index contributed by atoms with van der Waals surface area (Å²) in [6.07, 6.45) is 6.22. The smallest absolute Gasteiger partial charge is 0.220 e. The number of rotatable bonds is 6. The van der Waals surface area contributed by atoms with Crippen LogP contribution >= 0.6 is 0 Å². The van der Waals surface area contributed by atoms with Gasteiger partial charge in [-0.05, 0) is 53.4 Å². The number of hydrogen-bond donors (Lipinski definition) is 3. The van der Waals surface area contributed by atoms with E-state index in [0.717, 1.165) is 53.4 Å². The number of aromatic amines is 1. The first-order valence-electron chi connectivity index (χ1n) is 11.6. The lowest BCUT2D eigenvalue weighted by molar-refractivity contribution is 0.258. The number of benzene rings is 2. The van der Waals surface area contributed by atoms with Gasteiger partial charge in [0.2, 0.25) is 5.95 Å². The molecule has 5 aromatic rings. The number of anilines is 1. The Labute approximate surface area is 202 Å². The van der Waals surface area contributed by atoms with Gasteiger partial charge in [-0.3, -0.25) is 4.98 Å². The van der Waals surface area contributed by atoms with Crippen LogP contribution in [0.5, 0.6) is 5.75 Å². The van der Waals surface area contributed by atoms with Crippen LogP contribution in [0.3, 0.4) is 0 Å². The van der Waals surface area contributed by atoms with Gasteiger partial charge in [0.05, 0.1) is 29.3 Å². The third-order valence-electron chi connectivity index (χ3n) is 6.27. The Hall–Kier alpha value is -4.30. The average Bonchev–Trinajstić information content (AvgIpc) is 3.32. The standard InChI is InChI=1S/C27H25N7O/c28-27-31-9-7-22(34-27)19-4-5-23-24(12-19)33-26(32-23)21-11-20-10-17(3-6-25(20)35-16-21)13-30-15-18-2-1-8-29-14-18/h1-10,12,14,21,30H,11,13,15-16H2,(H,32,33)(H2,28,31,34). The van der Waals surface area contributed by atoms with Gasteiger partial charge < -0.3 is 20.8 Å². The van der Waals surface area contributed by atoms with E-state index in [2.05, 4.69) is 55.6 Å². The lowest BCUT2D eigenvalue weighted by atomic mass is 9.94. The molecular formula is C27H25N7O. The molecule has 0 amide bonds. The van der Waals surface area contributed by atoms with E-state index in [-0.39, 0.29) is 11.9 Å². The molecule has 4 N–H and O–H groups in total. The Balaban J connectivity index is 1.18. The molecule has 1 aliphatic rings. The van der Waals surface area contributed by atoms with Crippen molar-refractivity contribution in [1.82, 2.24) is 30.2 Å². The van der Waals surface area contributed by atoms with Gasteiger partial charge in [0.15, 0.2) is 0 Å². The number of imidazole rings is 1. The fourth-order valence-electron chi connectivity index (χ4n) is 4.50. The molecule has 0 spiro atoms.